The fourth-order valence-electron chi connectivity index (χ4n) is 5.10. The van der Waals surface area contributed by atoms with Crippen molar-refractivity contribution in [3.8, 4) is 5.69 Å². The van der Waals surface area contributed by atoms with Crippen LogP contribution in [-0.2, 0) is 4.79 Å². The summed E-state index contributed by atoms with van der Waals surface area (Å²) >= 11 is 0. The minimum atomic E-state index is -4.55. The average Bonchev–Trinajstić information content (AvgIpc) is 3.59. The van der Waals surface area contributed by atoms with Crippen LogP contribution in [0, 0.1) is 16.6 Å². The lowest BCUT2D eigenvalue weighted by molar-refractivity contribution is -0.192. The number of rotatable bonds is 7. The molecule has 8 heteroatoms. The fraction of sp³-hybridized carbons (Fsp3) is 0.310. The molecule has 1 N–H and O–H groups in total. The van der Waals surface area contributed by atoms with Gasteiger partial charge in [-0.25, -0.2) is 9.07 Å². The third-order valence-corrected chi connectivity index (χ3v) is 7.34. The number of fused-ring (bicyclic) bond motifs is 1. The number of amides is 1. The van der Waals surface area contributed by atoms with Crippen molar-refractivity contribution in [2.75, 3.05) is 6.54 Å². The maximum Gasteiger partial charge on any atom is 0.403 e. The van der Waals surface area contributed by atoms with Crippen LogP contribution in [0.1, 0.15) is 43.7 Å². The number of benzene rings is 3. The molecule has 0 aliphatic heterocycles. The number of nitrogens with one attached hydrogen (secondary N) is 1. The van der Waals surface area contributed by atoms with Crippen LogP contribution < -0.4 is 5.32 Å². The third kappa shape index (κ3) is 4.61. The molecule has 5 rings (SSSR count). The van der Waals surface area contributed by atoms with Gasteiger partial charge in [0.2, 0.25) is 5.91 Å². The van der Waals surface area contributed by atoms with E-state index in [-0.39, 0.29) is 31.1 Å². The van der Waals surface area contributed by atoms with Crippen molar-refractivity contribution in [2.24, 2.45) is 10.8 Å². The zero-order chi connectivity index (χ0) is 26.4. The van der Waals surface area contributed by atoms with Crippen LogP contribution in [0.15, 0.2) is 79.0 Å². The third-order valence-electron chi connectivity index (χ3n) is 7.34. The van der Waals surface area contributed by atoms with Gasteiger partial charge in [0.05, 0.1) is 17.4 Å². The molecule has 4 nitrogen and oxygen atoms in total. The Kier molecular flexibility index (Phi) is 6.09. The van der Waals surface area contributed by atoms with Gasteiger partial charge >= 0.3 is 6.18 Å². The molecule has 1 saturated carbocycles. The first-order chi connectivity index (χ1) is 17.5. The van der Waals surface area contributed by atoms with Crippen molar-refractivity contribution in [2.45, 2.75) is 38.8 Å². The highest BCUT2D eigenvalue weighted by Crippen LogP contribution is 2.57. The molecule has 37 heavy (non-hydrogen) atoms. The van der Waals surface area contributed by atoms with Gasteiger partial charge in [0.25, 0.3) is 0 Å². The SMILES string of the molecule is CC(C)(CNC(=O)C1(C(F)(F)F)CC1)[C@@H](c1ccccc1)c1ccc2c(cnn2-c2ccc(F)cc2)c1. The van der Waals surface area contributed by atoms with Gasteiger partial charge in [0.1, 0.15) is 11.2 Å². The normalized spacial score (nSPS) is 15.9. The van der Waals surface area contributed by atoms with Crippen molar-refractivity contribution in [1.29, 1.82) is 0 Å². The maximum atomic E-state index is 13.5. The minimum Gasteiger partial charge on any atom is -0.355 e. The number of alkyl halides is 3. The molecule has 1 heterocycles. The predicted molar refractivity (Wildman–Crippen MR) is 134 cm³/mol. The molecule has 1 aromatic heterocycles. The van der Waals surface area contributed by atoms with Gasteiger partial charge in [0.15, 0.2) is 0 Å². The van der Waals surface area contributed by atoms with Crippen LogP contribution in [-0.4, -0.2) is 28.4 Å². The number of hydrogen-bond acceptors (Lipinski definition) is 2. The van der Waals surface area contributed by atoms with Crippen molar-refractivity contribution in [3.05, 3.63) is 95.9 Å². The Balaban J connectivity index is 1.47. The summed E-state index contributed by atoms with van der Waals surface area (Å²) in [4.78, 5) is 12.6. The van der Waals surface area contributed by atoms with Crippen molar-refractivity contribution >= 4 is 16.8 Å². The van der Waals surface area contributed by atoms with Crippen LogP contribution in [0.4, 0.5) is 17.6 Å². The van der Waals surface area contributed by atoms with Crippen molar-refractivity contribution in [1.82, 2.24) is 15.1 Å². The zero-order valence-electron chi connectivity index (χ0n) is 20.5. The molecule has 1 aliphatic rings. The van der Waals surface area contributed by atoms with E-state index >= 15 is 0 Å². The van der Waals surface area contributed by atoms with E-state index < -0.39 is 22.9 Å². The maximum absolute atomic E-state index is 13.5. The lowest BCUT2D eigenvalue weighted by Gasteiger charge is -2.36. The largest absolute Gasteiger partial charge is 0.403 e. The molecule has 1 atom stereocenters. The van der Waals surface area contributed by atoms with Gasteiger partial charge in [-0.3, -0.25) is 4.79 Å². The van der Waals surface area contributed by atoms with E-state index in [9.17, 15) is 22.4 Å². The molecule has 1 fully saturated rings. The Labute approximate surface area is 212 Å². The lowest BCUT2D eigenvalue weighted by atomic mass is 9.71. The first kappa shape index (κ1) is 25.0. The molecule has 0 unspecified atom stereocenters. The summed E-state index contributed by atoms with van der Waals surface area (Å²) in [6.45, 7) is 3.98. The molecule has 1 amide bonds. The zero-order valence-corrected chi connectivity index (χ0v) is 20.5. The molecule has 0 saturated heterocycles. The first-order valence-electron chi connectivity index (χ1n) is 12.2. The predicted octanol–water partition coefficient (Wildman–Crippen LogP) is 6.78. The summed E-state index contributed by atoms with van der Waals surface area (Å²) in [5.74, 6) is -1.49. The first-order valence-corrected chi connectivity index (χ1v) is 12.2. The fourth-order valence-corrected chi connectivity index (χ4v) is 5.10. The van der Waals surface area contributed by atoms with Gasteiger partial charge in [-0.05, 0) is 65.8 Å². The number of nitrogens with zero attached hydrogens (tertiary/aromatic N) is 2. The number of carbonyl (C=O) groups excluding carboxylic acids is 1. The molecule has 4 aromatic rings. The van der Waals surface area contributed by atoms with Gasteiger partial charge in [-0.15, -0.1) is 0 Å². The monoisotopic (exact) mass is 509 g/mol. The molecule has 3 aromatic carbocycles. The van der Waals surface area contributed by atoms with Crippen LogP contribution in [0.3, 0.4) is 0 Å². The molecule has 0 bridgehead atoms. The summed E-state index contributed by atoms with van der Waals surface area (Å²) in [5.41, 5.74) is 0.649. The van der Waals surface area contributed by atoms with Crippen molar-refractivity contribution < 1.29 is 22.4 Å². The summed E-state index contributed by atoms with van der Waals surface area (Å²) < 4.78 is 55.5. The molecular weight excluding hydrogens is 482 g/mol. The van der Waals surface area contributed by atoms with Crippen LogP contribution >= 0.6 is 0 Å². The molecule has 0 radical (unpaired) electrons. The van der Waals surface area contributed by atoms with Crippen molar-refractivity contribution in [3.63, 3.8) is 0 Å². The van der Waals surface area contributed by atoms with E-state index in [0.717, 1.165) is 27.7 Å². The average molecular weight is 510 g/mol. The topological polar surface area (TPSA) is 46.9 Å². The summed E-state index contributed by atoms with van der Waals surface area (Å²) in [7, 11) is 0. The minimum absolute atomic E-state index is 0.0795. The van der Waals surface area contributed by atoms with Crippen LogP contribution in [0.5, 0.6) is 0 Å². The van der Waals surface area contributed by atoms with E-state index in [1.54, 1.807) is 23.0 Å². The van der Waals surface area contributed by atoms with E-state index in [0.29, 0.717) is 0 Å². The van der Waals surface area contributed by atoms with E-state index in [4.69, 9.17) is 0 Å². The molecule has 0 spiro atoms. The highest BCUT2D eigenvalue weighted by atomic mass is 19.4. The van der Waals surface area contributed by atoms with E-state index in [1.165, 1.54) is 12.1 Å². The van der Waals surface area contributed by atoms with E-state index in [1.807, 2.05) is 62.4 Å². The second-order valence-electron chi connectivity index (χ2n) is 10.4. The Morgan fingerprint density at radius 2 is 1.68 bits per heavy atom. The summed E-state index contributed by atoms with van der Waals surface area (Å²) in [6.07, 6.45) is -3.14. The Hall–Kier alpha value is -3.68. The van der Waals surface area contributed by atoms with Crippen LogP contribution in [0.2, 0.25) is 0 Å². The number of carbonyl (C=O) groups is 1. The molecule has 1 aliphatic carbocycles. The van der Waals surface area contributed by atoms with Gasteiger partial charge < -0.3 is 5.32 Å². The molecule has 192 valence electrons. The van der Waals surface area contributed by atoms with E-state index in [2.05, 4.69) is 10.4 Å². The highest BCUT2D eigenvalue weighted by molar-refractivity contribution is 5.86. The Bertz CT molecular complexity index is 1420. The smallest absolute Gasteiger partial charge is 0.355 e. The number of hydrogen-bond donors (Lipinski definition) is 1. The van der Waals surface area contributed by atoms with Gasteiger partial charge in [-0.1, -0.05) is 50.2 Å². The standard InChI is InChI=1S/C29H27F4N3O/c1-27(2,18-34-26(37)28(14-15-28)29(31,32)33)25(19-6-4-3-5-7-19)20-8-13-24-21(16-20)17-35-36(24)23-11-9-22(30)10-12-23/h3-13,16-17,25H,14-15,18H2,1-2H3,(H,34,37)/t25-/m0/s1. The van der Waals surface area contributed by atoms with Crippen LogP contribution in [0.25, 0.3) is 16.6 Å². The second-order valence-corrected chi connectivity index (χ2v) is 10.4. The lowest BCUT2D eigenvalue weighted by Crippen LogP contribution is -2.45. The molecular formula is C29H27F4N3O. The number of aromatic nitrogens is 2. The second kappa shape index (κ2) is 9.01. The Morgan fingerprint density at radius 1 is 1.00 bits per heavy atom. The quantitative estimate of drug-likeness (QED) is 0.279. The highest BCUT2D eigenvalue weighted by Gasteiger charge is 2.68. The van der Waals surface area contributed by atoms with Gasteiger partial charge in [0, 0.05) is 17.8 Å². The Morgan fingerprint density at radius 3 is 2.30 bits per heavy atom. The summed E-state index contributed by atoms with van der Waals surface area (Å²) in [6, 6.07) is 21.7. The van der Waals surface area contributed by atoms with Gasteiger partial charge in [-0.2, -0.15) is 18.3 Å². The number of halogens is 4. The summed E-state index contributed by atoms with van der Waals surface area (Å²) in [5, 5.41) is 7.96.